The first-order valence-corrected chi connectivity index (χ1v) is 7.75. The maximum atomic E-state index is 6.62. The summed E-state index contributed by atoms with van der Waals surface area (Å²) in [5.74, 6) is 4.49. The zero-order valence-electron chi connectivity index (χ0n) is 12.0. The topological polar surface area (TPSA) is 52.0 Å². The molecule has 4 fully saturated rings. The van der Waals surface area contributed by atoms with Gasteiger partial charge in [0.05, 0.1) is 11.7 Å². The molecule has 4 aliphatic carbocycles. The predicted molar refractivity (Wildman–Crippen MR) is 73.5 cm³/mol. The zero-order valence-corrected chi connectivity index (χ0v) is 12.0. The fourth-order valence-electron chi connectivity index (χ4n) is 5.45. The Hall–Kier alpha value is -0.830. The van der Waals surface area contributed by atoms with Gasteiger partial charge in [0.1, 0.15) is 5.76 Å². The van der Waals surface area contributed by atoms with Crippen LogP contribution in [0.25, 0.3) is 0 Å². The molecule has 0 aromatic carbocycles. The van der Waals surface area contributed by atoms with Crippen molar-refractivity contribution in [2.75, 3.05) is 0 Å². The molecule has 1 atom stereocenters. The minimum Gasteiger partial charge on any atom is -0.444 e. The van der Waals surface area contributed by atoms with E-state index in [1.807, 2.05) is 13.8 Å². The van der Waals surface area contributed by atoms with Gasteiger partial charge in [-0.25, -0.2) is 4.98 Å². The highest BCUT2D eigenvalue weighted by Gasteiger charge is 2.54. The Morgan fingerprint density at radius 1 is 1.11 bits per heavy atom. The Kier molecular flexibility index (Phi) is 2.42. The SMILES string of the molecule is Cc1nc(C(N)C23CC4CC(CC(C4)C2)C3)oc1C. The van der Waals surface area contributed by atoms with Gasteiger partial charge >= 0.3 is 0 Å². The van der Waals surface area contributed by atoms with Gasteiger partial charge in [-0.3, -0.25) is 0 Å². The highest BCUT2D eigenvalue weighted by Crippen LogP contribution is 2.63. The second kappa shape index (κ2) is 3.85. The number of hydrogen-bond donors (Lipinski definition) is 1. The second-order valence-corrected chi connectivity index (χ2v) is 7.45. The second-order valence-electron chi connectivity index (χ2n) is 7.45. The summed E-state index contributed by atoms with van der Waals surface area (Å²) < 4.78 is 5.83. The van der Waals surface area contributed by atoms with Gasteiger partial charge in [-0.1, -0.05) is 0 Å². The Labute approximate surface area is 115 Å². The van der Waals surface area contributed by atoms with Crippen LogP contribution < -0.4 is 5.73 Å². The van der Waals surface area contributed by atoms with Gasteiger partial charge in [-0.15, -0.1) is 0 Å². The van der Waals surface area contributed by atoms with Crippen LogP contribution in [0.2, 0.25) is 0 Å². The molecule has 0 aliphatic heterocycles. The van der Waals surface area contributed by atoms with E-state index < -0.39 is 0 Å². The van der Waals surface area contributed by atoms with Crippen molar-refractivity contribution in [1.29, 1.82) is 0 Å². The lowest BCUT2D eigenvalue weighted by atomic mass is 9.48. The highest BCUT2D eigenvalue weighted by atomic mass is 16.4. The van der Waals surface area contributed by atoms with Crippen molar-refractivity contribution in [2.45, 2.75) is 58.4 Å². The lowest BCUT2D eigenvalue weighted by Gasteiger charge is -2.58. The summed E-state index contributed by atoms with van der Waals surface area (Å²) >= 11 is 0. The predicted octanol–water partition coefficient (Wildman–Crippen LogP) is 3.51. The van der Waals surface area contributed by atoms with Crippen LogP contribution in [0.4, 0.5) is 0 Å². The Morgan fingerprint density at radius 2 is 1.63 bits per heavy atom. The van der Waals surface area contributed by atoms with E-state index in [0.717, 1.165) is 35.1 Å². The minimum atomic E-state index is 0.00769. The van der Waals surface area contributed by atoms with Crippen LogP contribution in [-0.4, -0.2) is 4.98 Å². The molecule has 2 N–H and O–H groups in total. The van der Waals surface area contributed by atoms with E-state index in [1.54, 1.807) is 0 Å². The van der Waals surface area contributed by atoms with E-state index in [1.165, 1.54) is 38.5 Å². The van der Waals surface area contributed by atoms with Gasteiger partial charge in [0.15, 0.2) is 0 Å². The van der Waals surface area contributed by atoms with Crippen molar-refractivity contribution in [3.05, 3.63) is 17.3 Å². The summed E-state index contributed by atoms with van der Waals surface area (Å²) in [7, 11) is 0. The van der Waals surface area contributed by atoms with Crippen LogP contribution in [0, 0.1) is 37.0 Å². The van der Waals surface area contributed by atoms with Gasteiger partial charge in [-0.05, 0) is 75.5 Å². The average Bonchev–Trinajstić information content (AvgIpc) is 2.67. The molecule has 0 radical (unpaired) electrons. The molecule has 104 valence electrons. The first-order chi connectivity index (χ1) is 9.06. The van der Waals surface area contributed by atoms with E-state index in [9.17, 15) is 0 Å². The molecule has 3 nitrogen and oxygen atoms in total. The summed E-state index contributed by atoms with van der Waals surface area (Å²) in [5.41, 5.74) is 7.91. The van der Waals surface area contributed by atoms with Crippen LogP contribution in [-0.2, 0) is 0 Å². The minimum absolute atomic E-state index is 0.00769. The molecule has 1 unspecified atom stereocenters. The van der Waals surface area contributed by atoms with Crippen LogP contribution in [0.3, 0.4) is 0 Å². The summed E-state index contributed by atoms with van der Waals surface area (Å²) in [5, 5.41) is 0. The summed E-state index contributed by atoms with van der Waals surface area (Å²) in [4.78, 5) is 4.58. The van der Waals surface area contributed by atoms with Crippen molar-refractivity contribution in [1.82, 2.24) is 4.98 Å². The molecule has 4 aliphatic rings. The first kappa shape index (κ1) is 12.0. The fraction of sp³-hybridized carbons (Fsp3) is 0.812. The number of oxazole rings is 1. The highest BCUT2D eigenvalue weighted by molar-refractivity contribution is 5.13. The number of nitrogens with zero attached hydrogens (tertiary/aromatic N) is 1. The summed E-state index contributed by atoms with van der Waals surface area (Å²) in [6.45, 7) is 3.99. The number of aromatic nitrogens is 1. The molecule has 1 aromatic rings. The van der Waals surface area contributed by atoms with Crippen LogP contribution in [0.5, 0.6) is 0 Å². The maximum absolute atomic E-state index is 6.62. The molecule has 3 heteroatoms. The van der Waals surface area contributed by atoms with Gasteiger partial charge in [0.25, 0.3) is 0 Å². The van der Waals surface area contributed by atoms with Crippen molar-refractivity contribution < 1.29 is 4.42 Å². The fourth-order valence-corrected chi connectivity index (χ4v) is 5.45. The Bertz CT molecular complexity index is 450. The molecule has 4 saturated carbocycles. The lowest BCUT2D eigenvalue weighted by molar-refractivity contribution is -0.0718. The average molecular weight is 260 g/mol. The molecule has 0 amide bonds. The maximum Gasteiger partial charge on any atom is 0.212 e. The summed E-state index contributed by atoms with van der Waals surface area (Å²) in [6, 6.07) is 0.00769. The zero-order chi connectivity index (χ0) is 13.2. The lowest BCUT2D eigenvalue weighted by Crippen LogP contribution is -2.50. The molecule has 0 saturated heterocycles. The van der Waals surface area contributed by atoms with Crippen LogP contribution in [0.1, 0.15) is 61.9 Å². The normalized spacial score (nSPS) is 41.7. The van der Waals surface area contributed by atoms with E-state index in [-0.39, 0.29) is 6.04 Å². The Morgan fingerprint density at radius 3 is 2.05 bits per heavy atom. The Balaban J connectivity index is 1.67. The van der Waals surface area contributed by atoms with Crippen LogP contribution >= 0.6 is 0 Å². The molecule has 19 heavy (non-hydrogen) atoms. The number of nitrogens with two attached hydrogens (primary N) is 1. The monoisotopic (exact) mass is 260 g/mol. The van der Waals surface area contributed by atoms with Gasteiger partial charge < -0.3 is 10.2 Å². The molecular formula is C16H24N2O. The quantitative estimate of drug-likeness (QED) is 0.885. The summed E-state index contributed by atoms with van der Waals surface area (Å²) in [6.07, 6.45) is 8.28. The van der Waals surface area contributed by atoms with E-state index >= 15 is 0 Å². The van der Waals surface area contributed by atoms with E-state index in [2.05, 4.69) is 4.98 Å². The van der Waals surface area contributed by atoms with Gasteiger partial charge in [-0.2, -0.15) is 0 Å². The third-order valence-electron chi connectivity index (χ3n) is 6.06. The molecule has 4 bridgehead atoms. The van der Waals surface area contributed by atoms with E-state index in [0.29, 0.717) is 5.41 Å². The molecule has 1 aromatic heterocycles. The molecule has 0 spiro atoms. The largest absolute Gasteiger partial charge is 0.444 e. The molecule has 5 rings (SSSR count). The van der Waals surface area contributed by atoms with Crippen molar-refractivity contribution in [3.63, 3.8) is 0 Å². The third kappa shape index (κ3) is 1.70. The first-order valence-electron chi connectivity index (χ1n) is 7.75. The number of aryl methyl sites for hydroxylation is 2. The van der Waals surface area contributed by atoms with Gasteiger partial charge in [0.2, 0.25) is 5.89 Å². The van der Waals surface area contributed by atoms with Crippen molar-refractivity contribution in [3.8, 4) is 0 Å². The van der Waals surface area contributed by atoms with Gasteiger partial charge in [0, 0.05) is 0 Å². The number of hydrogen-bond acceptors (Lipinski definition) is 3. The van der Waals surface area contributed by atoms with E-state index in [4.69, 9.17) is 10.2 Å². The molecular weight excluding hydrogens is 236 g/mol. The smallest absolute Gasteiger partial charge is 0.212 e. The van der Waals surface area contributed by atoms with Crippen LogP contribution in [0.15, 0.2) is 4.42 Å². The standard InChI is InChI=1S/C16H24N2O/c1-9-10(2)19-15(18-9)14(17)16-6-11-3-12(7-16)5-13(4-11)8-16/h11-14H,3-8,17H2,1-2H3. The third-order valence-corrected chi connectivity index (χ3v) is 6.06. The van der Waals surface area contributed by atoms with Crippen molar-refractivity contribution in [2.24, 2.45) is 28.9 Å². The van der Waals surface area contributed by atoms with Crippen molar-refractivity contribution >= 4 is 0 Å². The number of rotatable bonds is 2. The molecule has 1 heterocycles.